The molecule has 0 aliphatic heterocycles. The Bertz CT molecular complexity index is 911. The number of amides is 2. The van der Waals surface area contributed by atoms with Crippen LogP contribution in [0.1, 0.15) is 30.8 Å². The van der Waals surface area contributed by atoms with Gasteiger partial charge in [0.25, 0.3) is 5.91 Å². The summed E-state index contributed by atoms with van der Waals surface area (Å²) >= 11 is 0. The maximum Gasteiger partial charge on any atom is 0.326 e. The summed E-state index contributed by atoms with van der Waals surface area (Å²) in [6.45, 7) is 3.34. The van der Waals surface area contributed by atoms with Gasteiger partial charge in [0.05, 0.1) is 11.9 Å². The minimum atomic E-state index is -1.60. The lowest BCUT2D eigenvalue weighted by Crippen LogP contribution is -2.54. The molecule has 9 heteroatoms. The van der Waals surface area contributed by atoms with Gasteiger partial charge in [0.1, 0.15) is 17.8 Å². The van der Waals surface area contributed by atoms with Crippen LogP contribution in [0.25, 0.3) is 10.9 Å². The van der Waals surface area contributed by atoms with Crippen LogP contribution < -0.4 is 10.6 Å². The molecule has 9 nitrogen and oxygen atoms in total. The highest BCUT2D eigenvalue weighted by molar-refractivity contribution is 5.98. The summed E-state index contributed by atoms with van der Waals surface area (Å²) in [5.41, 5.74) is 0.727. The third-order valence-corrected chi connectivity index (χ3v) is 4.06. The first-order chi connectivity index (χ1) is 13.2. The van der Waals surface area contributed by atoms with Crippen LogP contribution in [0.4, 0.5) is 0 Å². The Balaban J connectivity index is 2.15. The van der Waals surface area contributed by atoms with Gasteiger partial charge < -0.3 is 20.8 Å². The summed E-state index contributed by atoms with van der Waals surface area (Å²) in [5.74, 6) is -4.58. The number of benzene rings is 1. The molecular formula is C19H21N3O6. The van der Waals surface area contributed by atoms with Gasteiger partial charge in [-0.05, 0) is 18.1 Å². The van der Waals surface area contributed by atoms with Crippen LogP contribution in [0.2, 0.25) is 0 Å². The first-order valence-corrected chi connectivity index (χ1v) is 8.60. The number of carbonyl (C=O) groups is 4. The van der Waals surface area contributed by atoms with Gasteiger partial charge in [0, 0.05) is 5.39 Å². The lowest BCUT2D eigenvalue weighted by Gasteiger charge is -2.23. The van der Waals surface area contributed by atoms with Crippen molar-refractivity contribution in [2.24, 2.45) is 5.92 Å². The number of rotatable bonds is 8. The van der Waals surface area contributed by atoms with E-state index in [0.29, 0.717) is 5.52 Å². The number of aromatic nitrogens is 1. The molecule has 0 spiro atoms. The fraction of sp³-hybridized carbons (Fsp3) is 0.316. The Morgan fingerprint density at radius 2 is 1.68 bits per heavy atom. The number of pyridine rings is 1. The number of carbonyl (C=O) groups excluding carboxylic acids is 2. The number of carboxylic acid groups (broad SMARTS) is 2. The second kappa shape index (κ2) is 8.94. The SMILES string of the molecule is CC(C)[C@H](NC(=O)c1ccc2ccccc2n1)C(=O)N[C@@H](CC(=O)O)C(=O)O. The zero-order valence-electron chi connectivity index (χ0n) is 15.4. The predicted octanol–water partition coefficient (Wildman–Crippen LogP) is 1.03. The summed E-state index contributed by atoms with van der Waals surface area (Å²) in [4.78, 5) is 51.2. The molecule has 1 aromatic carbocycles. The zero-order valence-corrected chi connectivity index (χ0v) is 15.4. The molecule has 0 aliphatic rings. The molecule has 1 heterocycles. The molecule has 0 aliphatic carbocycles. The third kappa shape index (κ3) is 5.26. The minimum Gasteiger partial charge on any atom is -0.481 e. The van der Waals surface area contributed by atoms with Gasteiger partial charge in [0.15, 0.2) is 0 Å². The van der Waals surface area contributed by atoms with Crippen LogP contribution in [-0.4, -0.2) is 51.0 Å². The number of nitrogens with one attached hydrogen (secondary N) is 2. The molecule has 28 heavy (non-hydrogen) atoms. The number of aliphatic carboxylic acids is 2. The highest BCUT2D eigenvalue weighted by Gasteiger charge is 2.30. The molecule has 0 radical (unpaired) electrons. The molecular weight excluding hydrogens is 366 g/mol. The third-order valence-electron chi connectivity index (χ3n) is 4.06. The van der Waals surface area contributed by atoms with E-state index < -0.39 is 42.3 Å². The molecule has 0 saturated heterocycles. The van der Waals surface area contributed by atoms with Crippen LogP contribution in [0.15, 0.2) is 36.4 Å². The second-order valence-electron chi connectivity index (χ2n) is 6.58. The Hall–Kier alpha value is -3.49. The fourth-order valence-corrected chi connectivity index (χ4v) is 2.58. The lowest BCUT2D eigenvalue weighted by molar-refractivity contribution is -0.147. The first-order valence-electron chi connectivity index (χ1n) is 8.60. The van der Waals surface area contributed by atoms with Crippen molar-refractivity contribution in [1.29, 1.82) is 0 Å². The highest BCUT2D eigenvalue weighted by Crippen LogP contribution is 2.12. The first kappa shape index (κ1) is 20.8. The molecule has 0 unspecified atom stereocenters. The molecule has 2 atom stereocenters. The van der Waals surface area contributed by atoms with Gasteiger partial charge in [-0.15, -0.1) is 0 Å². The van der Waals surface area contributed by atoms with Gasteiger partial charge in [-0.1, -0.05) is 38.1 Å². The van der Waals surface area contributed by atoms with Crippen molar-refractivity contribution < 1.29 is 29.4 Å². The van der Waals surface area contributed by atoms with Crippen molar-refractivity contribution in [2.75, 3.05) is 0 Å². The van der Waals surface area contributed by atoms with E-state index in [1.807, 2.05) is 12.1 Å². The Labute approximate surface area is 160 Å². The van der Waals surface area contributed by atoms with E-state index in [1.54, 1.807) is 32.0 Å². The standard InChI is InChI=1S/C19H21N3O6/c1-10(2)16(18(26)21-14(19(27)28)9-15(23)24)22-17(25)13-8-7-11-5-3-4-6-12(11)20-13/h3-8,10,14,16H,9H2,1-2H3,(H,21,26)(H,22,25)(H,23,24)(H,27,28)/t14-,16-/m0/s1. The Kier molecular flexibility index (Phi) is 6.64. The maximum absolute atomic E-state index is 12.5. The summed E-state index contributed by atoms with van der Waals surface area (Å²) < 4.78 is 0. The smallest absolute Gasteiger partial charge is 0.326 e. The van der Waals surface area contributed by atoms with Crippen LogP contribution in [0.3, 0.4) is 0 Å². The van der Waals surface area contributed by atoms with Crippen molar-refractivity contribution in [3.63, 3.8) is 0 Å². The maximum atomic E-state index is 12.5. The van der Waals surface area contributed by atoms with E-state index in [-0.39, 0.29) is 11.6 Å². The zero-order chi connectivity index (χ0) is 20.8. The van der Waals surface area contributed by atoms with Crippen LogP contribution >= 0.6 is 0 Å². The summed E-state index contributed by atoms with van der Waals surface area (Å²) in [5, 5.41) is 23.4. The normalized spacial score (nSPS) is 13.0. The van der Waals surface area contributed by atoms with Crippen molar-refractivity contribution in [3.8, 4) is 0 Å². The van der Waals surface area contributed by atoms with E-state index in [9.17, 15) is 19.2 Å². The number of hydrogen-bond donors (Lipinski definition) is 4. The summed E-state index contributed by atoms with van der Waals surface area (Å²) in [7, 11) is 0. The van der Waals surface area contributed by atoms with Crippen molar-refractivity contribution in [1.82, 2.24) is 15.6 Å². The quantitative estimate of drug-likeness (QED) is 0.529. The van der Waals surface area contributed by atoms with Crippen molar-refractivity contribution in [3.05, 3.63) is 42.1 Å². The Morgan fingerprint density at radius 3 is 2.29 bits per heavy atom. The predicted molar refractivity (Wildman–Crippen MR) is 99.7 cm³/mol. The highest BCUT2D eigenvalue weighted by atomic mass is 16.4. The van der Waals surface area contributed by atoms with Crippen LogP contribution in [0, 0.1) is 5.92 Å². The van der Waals surface area contributed by atoms with E-state index in [2.05, 4.69) is 15.6 Å². The number of fused-ring (bicyclic) bond motifs is 1. The number of carboxylic acids is 2. The van der Waals surface area contributed by atoms with Crippen molar-refractivity contribution >= 4 is 34.7 Å². The summed E-state index contributed by atoms with van der Waals surface area (Å²) in [6.07, 6.45) is -0.772. The van der Waals surface area contributed by atoms with Gasteiger partial charge in [0.2, 0.25) is 5.91 Å². The molecule has 2 rings (SSSR count). The summed E-state index contributed by atoms with van der Waals surface area (Å²) in [6, 6.07) is 7.84. The lowest BCUT2D eigenvalue weighted by atomic mass is 10.0. The number of para-hydroxylation sites is 1. The van der Waals surface area contributed by atoms with E-state index in [4.69, 9.17) is 10.2 Å². The molecule has 2 amide bonds. The van der Waals surface area contributed by atoms with Gasteiger partial charge >= 0.3 is 11.9 Å². The molecule has 2 aromatic rings. The monoisotopic (exact) mass is 387 g/mol. The number of hydrogen-bond acceptors (Lipinski definition) is 5. The molecule has 4 N–H and O–H groups in total. The molecule has 148 valence electrons. The van der Waals surface area contributed by atoms with E-state index in [1.165, 1.54) is 6.07 Å². The van der Waals surface area contributed by atoms with Gasteiger partial charge in [-0.25, -0.2) is 9.78 Å². The average molecular weight is 387 g/mol. The second-order valence-corrected chi connectivity index (χ2v) is 6.58. The molecule has 0 bridgehead atoms. The topological polar surface area (TPSA) is 146 Å². The minimum absolute atomic E-state index is 0.109. The van der Waals surface area contributed by atoms with Crippen molar-refractivity contribution in [2.45, 2.75) is 32.4 Å². The largest absolute Gasteiger partial charge is 0.481 e. The molecule has 1 aromatic heterocycles. The van der Waals surface area contributed by atoms with E-state index >= 15 is 0 Å². The Morgan fingerprint density at radius 1 is 1.00 bits per heavy atom. The van der Waals surface area contributed by atoms with Crippen LogP contribution in [0.5, 0.6) is 0 Å². The van der Waals surface area contributed by atoms with Gasteiger partial charge in [-0.2, -0.15) is 0 Å². The fourth-order valence-electron chi connectivity index (χ4n) is 2.58. The molecule has 0 fully saturated rings. The molecule has 0 saturated carbocycles. The van der Waals surface area contributed by atoms with E-state index in [0.717, 1.165) is 5.39 Å². The average Bonchev–Trinajstić information content (AvgIpc) is 2.64. The van der Waals surface area contributed by atoms with Gasteiger partial charge in [-0.3, -0.25) is 14.4 Å². The van der Waals surface area contributed by atoms with Crippen LogP contribution in [-0.2, 0) is 14.4 Å². The number of nitrogens with zero attached hydrogens (tertiary/aromatic N) is 1.